The second-order valence-corrected chi connectivity index (χ2v) is 14.2. The smallest absolute Gasteiger partial charge is 0.172 e. The van der Waals surface area contributed by atoms with Gasteiger partial charge < -0.3 is 4.89 Å². The minimum absolute atomic E-state index is 1.03. The van der Waals surface area contributed by atoms with Gasteiger partial charge in [-0.05, 0) is 24.6 Å². The fraction of sp³-hybridized carbons (Fsp3) is 1.00. The number of unbranched alkanes of at least 4 members (excludes halogenated alkanes) is 4. The summed E-state index contributed by atoms with van der Waals surface area (Å²) in [5, 5.41) is 0. The van der Waals surface area contributed by atoms with Gasteiger partial charge in [-0.2, -0.15) is 0 Å². The SMILES string of the molecule is CCCCCSP(O)(=S)SCCCCC. The number of rotatable bonds is 10. The molecule has 0 radical (unpaired) electrons. The van der Waals surface area contributed by atoms with Crippen LogP contribution in [0.4, 0.5) is 0 Å². The number of hydrogen-bond donors (Lipinski definition) is 1. The van der Waals surface area contributed by atoms with Crippen LogP contribution in [0.3, 0.4) is 0 Å². The van der Waals surface area contributed by atoms with E-state index in [4.69, 9.17) is 11.8 Å². The summed E-state index contributed by atoms with van der Waals surface area (Å²) in [6, 6.07) is 0. The Morgan fingerprint density at radius 1 is 0.933 bits per heavy atom. The Bertz CT molecular complexity index is 172. The molecule has 0 bridgehead atoms. The molecule has 0 aromatic rings. The van der Waals surface area contributed by atoms with Crippen LogP contribution in [0.1, 0.15) is 52.4 Å². The van der Waals surface area contributed by atoms with Gasteiger partial charge in [-0.15, -0.1) is 0 Å². The molecule has 0 rings (SSSR count). The van der Waals surface area contributed by atoms with Crippen molar-refractivity contribution < 1.29 is 4.89 Å². The Hall–Kier alpha value is 1.31. The molecular weight excluding hydrogens is 263 g/mol. The van der Waals surface area contributed by atoms with Crippen LogP contribution in [0.15, 0.2) is 0 Å². The fourth-order valence-electron chi connectivity index (χ4n) is 1.10. The average Bonchev–Trinajstić information content (AvgIpc) is 2.20. The van der Waals surface area contributed by atoms with Crippen molar-refractivity contribution in [2.24, 2.45) is 0 Å². The summed E-state index contributed by atoms with van der Waals surface area (Å²) in [5.41, 5.74) is 0. The molecule has 0 spiro atoms. The van der Waals surface area contributed by atoms with Gasteiger partial charge in [0.25, 0.3) is 0 Å². The van der Waals surface area contributed by atoms with Crippen LogP contribution in [0.5, 0.6) is 0 Å². The van der Waals surface area contributed by atoms with Crippen LogP contribution < -0.4 is 0 Å². The summed E-state index contributed by atoms with van der Waals surface area (Å²) < 4.78 is -2.11. The topological polar surface area (TPSA) is 20.2 Å². The molecule has 5 heteroatoms. The summed E-state index contributed by atoms with van der Waals surface area (Å²) in [6.45, 7) is 4.39. The highest BCUT2D eigenvalue weighted by atomic mass is 33.2. The molecule has 1 N–H and O–H groups in total. The molecule has 0 aliphatic heterocycles. The molecule has 0 atom stereocenters. The van der Waals surface area contributed by atoms with E-state index in [0.717, 1.165) is 11.5 Å². The molecule has 1 nitrogen and oxygen atoms in total. The van der Waals surface area contributed by atoms with Crippen molar-refractivity contribution >= 4 is 39.2 Å². The minimum atomic E-state index is -2.11. The summed E-state index contributed by atoms with van der Waals surface area (Å²) in [7, 11) is 0. The standard InChI is InChI=1S/C10H23OPS3/c1-3-5-7-9-14-12(11,13)15-10-8-6-4-2/h3-10H2,1-2H3,(H,11,13). The van der Waals surface area contributed by atoms with Crippen LogP contribution in [0.2, 0.25) is 0 Å². The first-order valence-corrected chi connectivity index (χ1v) is 11.7. The fourth-order valence-corrected chi connectivity index (χ4v) is 8.04. The molecule has 0 aliphatic rings. The van der Waals surface area contributed by atoms with Gasteiger partial charge in [-0.25, -0.2) is 0 Å². The second-order valence-electron chi connectivity index (χ2n) is 3.55. The van der Waals surface area contributed by atoms with Crippen molar-refractivity contribution in [2.45, 2.75) is 52.4 Å². The lowest BCUT2D eigenvalue weighted by Crippen LogP contribution is -1.81. The summed E-state index contributed by atoms with van der Waals surface area (Å²) in [5.74, 6) is 2.06. The molecule has 0 saturated heterocycles. The average molecular weight is 286 g/mol. The van der Waals surface area contributed by atoms with Gasteiger partial charge in [0.2, 0.25) is 0 Å². The Kier molecular flexibility index (Phi) is 11.4. The predicted octanol–water partition coefficient (Wildman–Crippen LogP) is 5.05. The molecule has 0 aliphatic carbocycles. The summed E-state index contributed by atoms with van der Waals surface area (Å²) in [6.07, 6.45) is 7.36. The van der Waals surface area contributed by atoms with E-state index in [0.29, 0.717) is 0 Å². The van der Waals surface area contributed by atoms with E-state index in [2.05, 4.69) is 13.8 Å². The van der Waals surface area contributed by atoms with Crippen molar-refractivity contribution in [2.75, 3.05) is 11.5 Å². The molecule has 0 amide bonds. The van der Waals surface area contributed by atoms with Crippen LogP contribution in [0.25, 0.3) is 0 Å². The zero-order valence-electron chi connectivity index (χ0n) is 9.78. The number of hydrogen-bond acceptors (Lipinski definition) is 3. The third kappa shape index (κ3) is 11.6. The molecule has 0 aromatic heterocycles. The highest BCUT2D eigenvalue weighted by Gasteiger charge is 2.13. The molecule has 0 aromatic carbocycles. The van der Waals surface area contributed by atoms with Gasteiger partial charge in [-0.3, -0.25) is 0 Å². The van der Waals surface area contributed by atoms with Crippen molar-refractivity contribution in [3.05, 3.63) is 0 Å². The van der Waals surface area contributed by atoms with E-state index >= 15 is 0 Å². The third-order valence-corrected chi connectivity index (χ3v) is 10.4. The maximum absolute atomic E-state index is 9.96. The molecule has 15 heavy (non-hydrogen) atoms. The van der Waals surface area contributed by atoms with Gasteiger partial charge in [0, 0.05) is 11.5 Å². The highest BCUT2D eigenvalue weighted by molar-refractivity contribution is 8.98. The first-order valence-electron chi connectivity index (χ1n) is 5.74. The lowest BCUT2D eigenvalue weighted by molar-refractivity contribution is 0.653. The van der Waals surface area contributed by atoms with Crippen LogP contribution in [-0.2, 0) is 11.8 Å². The van der Waals surface area contributed by atoms with Crippen molar-refractivity contribution in [1.82, 2.24) is 0 Å². The Balaban J connectivity index is 3.45. The molecule has 0 fully saturated rings. The van der Waals surface area contributed by atoms with Crippen LogP contribution in [-0.4, -0.2) is 16.4 Å². The van der Waals surface area contributed by atoms with E-state index in [1.807, 2.05) is 0 Å². The van der Waals surface area contributed by atoms with E-state index in [1.54, 1.807) is 22.8 Å². The Morgan fingerprint density at radius 3 is 1.67 bits per heavy atom. The first-order chi connectivity index (χ1) is 7.12. The van der Waals surface area contributed by atoms with Crippen molar-refractivity contribution in [3.63, 3.8) is 0 Å². The first kappa shape index (κ1) is 16.3. The van der Waals surface area contributed by atoms with Gasteiger partial charge >= 0.3 is 0 Å². The van der Waals surface area contributed by atoms with Gasteiger partial charge in [0.05, 0.1) is 0 Å². The van der Waals surface area contributed by atoms with Gasteiger partial charge in [0.15, 0.2) is 4.67 Å². The van der Waals surface area contributed by atoms with E-state index in [9.17, 15) is 4.89 Å². The maximum atomic E-state index is 9.96. The van der Waals surface area contributed by atoms with Gasteiger partial charge in [0.1, 0.15) is 0 Å². The van der Waals surface area contributed by atoms with Crippen molar-refractivity contribution in [1.29, 1.82) is 0 Å². The Labute approximate surface area is 108 Å². The highest BCUT2D eigenvalue weighted by Crippen LogP contribution is 2.66. The molecule has 0 heterocycles. The largest absolute Gasteiger partial charge is 0.350 e. The maximum Gasteiger partial charge on any atom is 0.172 e. The quantitative estimate of drug-likeness (QED) is 0.447. The van der Waals surface area contributed by atoms with Crippen molar-refractivity contribution in [3.8, 4) is 0 Å². The molecule has 0 unspecified atom stereocenters. The Morgan fingerprint density at radius 2 is 1.33 bits per heavy atom. The minimum Gasteiger partial charge on any atom is -0.350 e. The van der Waals surface area contributed by atoms with E-state index in [1.165, 1.54) is 38.5 Å². The lowest BCUT2D eigenvalue weighted by atomic mass is 10.3. The second kappa shape index (κ2) is 10.5. The van der Waals surface area contributed by atoms with E-state index in [-0.39, 0.29) is 0 Å². The lowest BCUT2D eigenvalue weighted by Gasteiger charge is -2.13. The third-order valence-electron chi connectivity index (χ3n) is 2.00. The summed E-state index contributed by atoms with van der Waals surface area (Å²) >= 11 is 8.48. The normalized spacial score (nSPS) is 11.9. The zero-order chi connectivity index (χ0) is 11.6. The molecular formula is C10H23OPS3. The van der Waals surface area contributed by atoms with Gasteiger partial charge in [-0.1, -0.05) is 62.3 Å². The van der Waals surface area contributed by atoms with E-state index < -0.39 is 4.67 Å². The van der Waals surface area contributed by atoms with Crippen LogP contribution >= 0.6 is 27.4 Å². The molecule has 92 valence electrons. The van der Waals surface area contributed by atoms with Crippen LogP contribution in [0, 0.1) is 0 Å². The monoisotopic (exact) mass is 286 g/mol. The predicted molar refractivity (Wildman–Crippen MR) is 80.5 cm³/mol. The summed E-state index contributed by atoms with van der Waals surface area (Å²) in [4.78, 5) is 9.96. The zero-order valence-corrected chi connectivity index (χ0v) is 13.1. The molecule has 0 saturated carbocycles.